The van der Waals surface area contributed by atoms with Crippen LogP contribution >= 0.6 is 0 Å². The molecule has 0 aliphatic heterocycles. The molecule has 0 saturated carbocycles. The molecular formula is C12H17N3O2. The second kappa shape index (κ2) is 5.89. The molecule has 1 aromatic rings. The third kappa shape index (κ3) is 3.21. The van der Waals surface area contributed by atoms with E-state index < -0.39 is 0 Å². The minimum absolute atomic E-state index is 0.0418. The first-order valence-electron chi connectivity index (χ1n) is 5.44. The van der Waals surface area contributed by atoms with E-state index in [-0.39, 0.29) is 18.4 Å². The van der Waals surface area contributed by atoms with Crippen molar-refractivity contribution < 1.29 is 9.59 Å². The lowest BCUT2D eigenvalue weighted by atomic mass is 10.1. The fourth-order valence-corrected chi connectivity index (χ4v) is 1.44. The van der Waals surface area contributed by atoms with Crippen LogP contribution in [-0.4, -0.2) is 36.9 Å². The van der Waals surface area contributed by atoms with Gasteiger partial charge in [0.2, 0.25) is 5.91 Å². The molecular weight excluding hydrogens is 218 g/mol. The fraction of sp³-hybridized carbons (Fsp3) is 0.333. The minimum atomic E-state index is -0.228. The van der Waals surface area contributed by atoms with Crippen LogP contribution in [0.2, 0.25) is 0 Å². The fourth-order valence-electron chi connectivity index (χ4n) is 1.44. The van der Waals surface area contributed by atoms with Crippen molar-refractivity contribution in [3.63, 3.8) is 0 Å². The number of hydrogen-bond acceptors (Lipinski definition) is 3. The van der Waals surface area contributed by atoms with E-state index in [0.29, 0.717) is 17.8 Å². The van der Waals surface area contributed by atoms with Gasteiger partial charge in [-0.05, 0) is 19.1 Å². The summed E-state index contributed by atoms with van der Waals surface area (Å²) < 4.78 is 0. The number of hydrogen-bond donors (Lipinski definition) is 2. The average Bonchev–Trinajstić information content (AvgIpc) is 2.35. The van der Waals surface area contributed by atoms with E-state index in [4.69, 9.17) is 5.73 Å². The Hall–Kier alpha value is -2.04. The molecule has 0 radical (unpaired) electrons. The molecule has 1 aromatic carbocycles. The quantitative estimate of drug-likeness (QED) is 0.745. The molecule has 0 saturated heterocycles. The van der Waals surface area contributed by atoms with Crippen LogP contribution in [-0.2, 0) is 4.79 Å². The molecule has 5 nitrogen and oxygen atoms in total. The Morgan fingerprint density at radius 2 is 2.00 bits per heavy atom. The van der Waals surface area contributed by atoms with Crippen LogP contribution in [0.3, 0.4) is 0 Å². The maximum absolute atomic E-state index is 12.1. The maximum atomic E-state index is 12.1. The molecule has 5 heteroatoms. The summed E-state index contributed by atoms with van der Waals surface area (Å²) in [7, 11) is 1.54. The molecule has 0 atom stereocenters. The lowest BCUT2D eigenvalue weighted by Crippen LogP contribution is -2.39. The molecule has 2 amide bonds. The normalized spacial score (nSPS) is 9.76. The van der Waals surface area contributed by atoms with Crippen LogP contribution < -0.4 is 11.1 Å². The number of nitrogens with zero attached hydrogens (tertiary/aromatic N) is 1. The van der Waals surface area contributed by atoms with E-state index in [0.717, 1.165) is 0 Å². The second-order valence-corrected chi connectivity index (χ2v) is 3.58. The summed E-state index contributed by atoms with van der Waals surface area (Å²) in [5, 5.41) is 2.49. The number of carbonyl (C=O) groups is 2. The molecule has 0 aromatic heterocycles. The monoisotopic (exact) mass is 235 g/mol. The van der Waals surface area contributed by atoms with Gasteiger partial charge in [-0.3, -0.25) is 9.59 Å². The van der Waals surface area contributed by atoms with Crippen molar-refractivity contribution in [3.05, 3.63) is 29.8 Å². The summed E-state index contributed by atoms with van der Waals surface area (Å²) in [6, 6.07) is 6.84. The molecule has 1 rings (SSSR count). The lowest BCUT2D eigenvalue weighted by Gasteiger charge is -2.20. The first-order chi connectivity index (χ1) is 8.10. The van der Waals surface area contributed by atoms with E-state index in [9.17, 15) is 9.59 Å². The third-order valence-corrected chi connectivity index (χ3v) is 2.47. The van der Waals surface area contributed by atoms with Crippen molar-refractivity contribution in [3.8, 4) is 0 Å². The van der Waals surface area contributed by atoms with Crippen LogP contribution in [0, 0.1) is 0 Å². The number of para-hydroxylation sites is 1. The Bertz CT molecular complexity index is 418. The van der Waals surface area contributed by atoms with Crippen LogP contribution in [0.1, 0.15) is 17.3 Å². The number of nitrogens with two attached hydrogens (primary N) is 1. The standard InChI is InChI=1S/C12H17N3O2/c1-3-15(8-11(16)14-2)12(17)9-6-4-5-7-10(9)13/h4-7H,3,8,13H2,1-2H3,(H,14,16). The highest BCUT2D eigenvalue weighted by molar-refractivity contribution is 6.00. The maximum Gasteiger partial charge on any atom is 0.256 e. The van der Waals surface area contributed by atoms with Gasteiger partial charge in [0.05, 0.1) is 12.1 Å². The highest BCUT2D eigenvalue weighted by atomic mass is 16.2. The zero-order valence-electron chi connectivity index (χ0n) is 10.1. The van der Waals surface area contributed by atoms with Crippen molar-refractivity contribution in [2.75, 3.05) is 25.9 Å². The van der Waals surface area contributed by atoms with E-state index in [1.807, 2.05) is 6.92 Å². The molecule has 0 heterocycles. The summed E-state index contributed by atoms with van der Waals surface area (Å²) in [6.45, 7) is 2.32. The second-order valence-electron chi connectivity index (χ2n) is 3.58. The Kier molecular flexibility index (Phi) is 4.51. The highest BCUT2D eigenvalue weighted by Crippen LogP contribution is 2.13. The van der Waals surface area contributed by atoms with Gasteiger partial charge in [0, 0.05) is 19.3 Å². The number of carbonyl (C=O) groups excluding carboxylic acids is 2. The van der Waals surface area contributed by atoms with Crippen LogP contribution in [0.15, 0.2) is 24.3 Å². The van der Waals surface area contributed by atoms with E-state index >= 15 is 0 Å². The largest absolute Gasteiger partial charge is 0.398 e. The minimum Gasteiger partial charge on any atom is -0.398 e. The van der Waals surface area contributed by atoms with Gasteiger partial charge < -0.3 is 16.0 Å². The van der Waals surface area contributed by atoms with Crippen molar-refractivity contribution in [1.29, 1.82) is 0 Å². The number of anilines is 1. The molecule has 0 bridgehead atoms. The first kappa shape index (κ1) is 13.0. The molecule has 0 spiro atoms. The molecule has 0 unspecified atom stereocenters. The van der Waals surface area contributed by atoms with Gasteiger partial charge in [0.15, 0.2) is 0 Å². The van der Waals surface area contributed by atoms with Crippen LogP contribution in [0.4, 0.5) is 5.69 Å². The zero-order valence-corrected chi connectivity index (χ0v) is 10.1. The summed E-state index contributed by atoms with van der Waals surface area (Å²) in [6.07, 6.45) is 0. The Morgan fingerprint density at radius 1 is 1.35 bits per heavy atom. The summed E-state index contributed by atoms with van der Waals surface area (Å²) >= 11 is 0. The van der Waals surface area contributed by atoms with Gasteiger partial charge in [0.25, 0.3) is 5.91 Å². The predicted octanol–water partition coefficient (Wildman–Crippen LogP) is 0.477. The average molecular weight is 235 g/mol. The number of nitrogen functional groups attached to an aromatic ring is 1. The van der Waals surface area contributed by atoms with Crippen molar-refractivity contribution in [2.45, 2.75) is 6.92 Å². The zero-order chi connectivity index (χ0) is 12.8. The number of nitrogens with one attached hydrogen (secondary N) is 1. The molecule has 3 N–H and O–H groups in total. The topological polar surface area (TPSA) is 75.4 Å². The number of rotatable bonds is 4. The van der Waals surface area contributed by atoms with Gasteiger partial charge in [-0.2, -0.15) is 0 Å². The van der Waals surface area contributed by atoms with Gasteiger partial charge in [-0.25, -0.2) is 0 Å². The summed E-state index contributed by atoms with van der Waals surface area (Å²) in [5.74, 6) is -0.427. The van der Waals surface area contributed by atoms with Crippen molar-refractivity contribution >= 4 is 17.5 Å². The Balaban J connectivity index is 2.87. The van der Waals surface area contributed by atoms with Crippen LogP contribution in [0.25, 0.3) is 0 Å². The summed E-state index contributed by atoms with van der Waals surface area (Å²) in [4.78, 5) is 24.8. The van der Waals surface area contributed by atoms with Crippen molar-refractivity contribution in [1.82, 2.24) is 10.2 Å². The van der Waals surface area contributed by atoms with Gasteiger partial charge in [-0.1, -0.05) is 12.1 Å². The third-order valence-electron chi connectivity index (χ3n) is 2.47. The Morgan fingerprint density at radius 3 is 2.53 bits per heavy atom. The number of benzene rings is 1. The lowest BCUT2D eigenvalue weighted by molar-refractivity contribution is -0.121. The number of amides is 2. The van der Waals surface area contributed by atoms with Gasteiger partial charge >= 0.3 is 0 Å². The van der Waals surface area contributed by atoms with Gasteiger partial charge in [0.1, 0.15) is 0 Å². The van der Waals surface area contributed by atoms with Crippen LogP contribution in [0.5, 0.6) is 0 Å². The molecule has 0 aliphatic carbocycles. The first-order valence-corrected chi connectivity index (χ1v) is 5.44. The van der Waals surface area contributed by atoms with E-state index in [1.54, 1.807) is 24.3 Å². The molecule has 92 valence electrons. The molecule has 17 heavy (non-hydrogen) atoms. The Labute approximate surface area is 101 Å². The highest BCUT2D eigenvalue weighted by Gasteiger charge is 2.18. The van der Waals surface area contributed by atoms with E-state index in [1.165, 1.54) is 11.9 Å². The van der Waals surface area contributed by atoms with Crippen molar-refractivity contribution in [2.24, 2.45) is 0 Å². The molecule has 0 fully saturated rings. The van der Waals surface area contributed by atoms with Gasteiger partial charge in [-0.15, -0.1) is 0 Å². The SMILES string of the molecule is CCN(CC(=O)NC)C(=O)c1ccccc1N. The molecule has 0 aliphatic rings. The summed E-state index contributed by atoms with van der Waals surface area (Å²) in [5.41, 5.74) is 6.58. The number of likely N-dealkylation sites (N-methyl/N-ethyl adjacent to an activating group) is 2. The van der Waals surface area contributed by atoms with E-state index in [2.05, 4.69) is 5.32 Å². The predicted molar refractivity (Wildman–Crippen MR) is 66.5 cm³/mol. The smallest absolute Gasteiger partial charge is 0.256 e.